The smallest absolute Gasteiger partial charge is 0.126 e. The van der Waals surface area contributed by atoms with Crippen LogP contribution in [-0.4, -0.2) is 11.0 Å². The van der Waals surface area contributed by atoms with Crippen molar-refractivity contribution in [1.29, 1.82) is 0 Å². The number of nitrogens with one attached hydrogen (secondary N) is 2. The molecule has 6 heteroatoms. The van der Waals surface area contributed by atoms with Gasteiger partial charge in [0.1, 0.15) is 5.82 Å². The summed E-state index contributed by atoms with van der Waals surface area (Å²) in [6.07, 6.45) is 0. The summed E-state index contributed by atoms with van der Waals surface area (Å²) in [5, 5.41) is 14.4. The van der Waals surface area contributed by atoms with Crippen LogP contribution in [0, 0.1) is 0 Å². The predicted molar refractivity (Wildman–Crippen MR) is 109 cm³/mol. The Balaban J connectivity index is 1.90. The number of fused-ring (bicyclic) bond motifs is 1. The van der Waals surface area contributed by atoms with Crippen molar-refractivity contribution in [2.24, 2.45) is 5.14 Å². The molecule has 0 atom stereocenters. The van der Waals surface area contributed by atoms with Crippen molar-refractivity contribution in [1.82, 2.24) is 4.98 Å². The zero-order valence-corrected chi connectivity index (χ0v) is 15.8. The highest BCUT2D eigenvalue weighted by atomic mass is 35.5. The van der Waals surface area contributed by atoms with Gasteiger partial charge in [0.2, 0.25) is 0 Å². The van der Waals surface area contributed by atoms with Gasteiger partial charge in [-0.2, -0.15) is 0 Å². The van der Waals surface area contributed by atoms with Gasteiger partial charge in [-0.3, -0.25) is 5.14 Å². The molecular weight excluding hydrogens is 352 g/mol. The molecule has 130 valence electrons. The van der Waals surface area contributed by atoms with Crippen LogP contribution >= 0.6 is 23.5 Å². The summed E-state index contributed by atoms with van der Waals surface area (Å²) in [5.41, 5.74) is 2.92. The predicted octanol–water partition coefficient (Wildman–Crippen LogP) is 5.29. The highest BCUT2D eigenvalue weighted by molar-refractivity contribution is 7.97. The maximum atomic E-state index is 6.23. The van der Waals surface area contributed by atoms with Crippen molar-refractivity contribution in [3.05, 3.63) is 59.1 Å². The van der Waals surface area contributed by atoms with E-state index in [2.05, 4.69) is 30.5 Å². The molecule has 3 rings (SSSR count). The van der Waals surface area contributed by atoms with Gasteiger partial charge in [0, 0.05) is 33.6 Å². The number of nitrogens with zero attached hydrogens (tertiary/aromatic N) is 1. The maximum absolute atomic E-state index is 6.23. The third kappa shape index (κ3) is 4.37. The van der Waals surface area contributed by atoms with Gasteiger partial charge in [-0.05, 0) is 61.7 Å². The first kappa shape index (κ1) is 17.9. The fraction of sp³-hybridized carbons (Fsp3) is 0.211. The van der Waals surface area contributed by atoms with E-state index in [-0.39, 0.29) is 0 Å². The number of halogens is 1. The van der Waals surface area contributed by atoms with Gasteiger partial charge in [-0.15, -0.1) is 0 Å². The van der Waals surface area contributed by atoms with Crippen LogP contribution in [0.25, 0.3) is 10.9 Å². The molecule has 25 heavy (non-hydrogen) atoms. The van der Waals surface area contributed by atoms with Crippen LogP contribution in [0.5, 0.6) is 0 Å². The van der Waals surface area contributed by atoms with Gasteiger partial charge >= 0.3 is 0 Å². The summed E-state index contributed by atoms with van der Waals surface area (Å²) < 4.78 is 0. The molecule has 1 heterocycles. The molecule has 0 aliphatic carbocycles. The second-order valence-corrected chi connectivity index (χ2v) is 7.18. The molecule has 0 fully saturated rings. The van der Waals surface area contributed by atoms with E-state index < -0.39 is 0 Å². The minimum absolute atomic E-state index is 0.329. The third-order valence-electron chi connectivity index (χ3n) is 3.77. The lowest BCUT2D eigenvalue weighted by Crippen LogP contribution is -2.10. The van der Waals surface area contributed by atoms with Crippen LogP contribution in [0.15, 0.2) is 53.4 Å². The summed E-state index contributed by atoms with van der Waals surface area (Å²) in [4.78, 5) is 5.70. The minimum Gasteiger partial charge on any atom is -0.381 e. The molecule has 0 bridgehead atoms. The van der Waals surface area contributed by atoms with Crippen molar-refractivity contribution in [3.63, 3.8) is 0 Å². The van der Waals surface area contributed by atoms with Crippen molar-refractivity contribution in [2.45, 2.75) is 31.3 Å². The van der Waals surface area contributed by atoms with Crippen molar-refractivity contribution < 1.29 is 0 Å². The molecule has 0 saturated heterocycles. The molecule has 2 aromatic carbocycles. The fourth-order valence-electron chi connectivity index (χ4n) is 2.62. The lowest BCUT2D eigenvalue weighted by atomic mass is 10.1. The van der Waals surface area contributed by atoms with Crippen LogP contribution < -0.4 is 15.8 Å². The number of aromatic nitrogens is 1. The average Bonchev–Trinajstić information content (AvgIpc) is 2.59. The fourth-order valence-corrected chi connectivity index (χ4v) is 3.31. The van der Waals surface area contributed by atoms with Crippen molar-refractivity contribution in [2.75, 3.05) is 10.6 Å². The average molecular weight is 373 g/mol. The van der Waals surface area contributed by atoms with E-state index in [9.17, 15) is 0 Å². The Kier molecular flexibility index (Phi) is 5.68. The van der Waals surface area contributed by atoms with Gasteiger partial charge in [-0.1, -0.05) is 29.8 Å². The number of hydrogen-bond donors (Lipinski definition) is 3. The number of pyridine rings is 1. The number of anilines is 2. The quantitative estimate of drug-likeness (QED) is 0.513. The van der Waals surface area contributed by atoms with Crippen LogP contribution in [-0.2, 0) is 6.54 Å². The molecule has 0 aliphatic rings. The Morgan fingerprint density at radius 2 is 1.96 bits per heavy atom. The molecule has 4 nitrogen and oxygen atoms in total. The standard InChI is InChI=1S/C19H21ClN4S/c1-12(2)23-19-8-7-15-17(24-19)9-14(10-18(15)25-21)22-11-13-5-3-4-6-16(13)20/h3-10,12,22H,11,21H2,1-2H3,(H,23,24). The summed E-state index contributed by atoms with van der Waals surface area (Å²) in [6.45, 7) is 4.83. The SMILES string of the molecule is CC(C)Nc1ccc2c(SN)cc(NCc3ccccc3Cl)cc2n1. The molecule has 4 N–H and O–H groups in total. The van der Waals surface area contributed by atoms with E-state index in [1.54, 1.807) is 0 Å². The summed E-state index contributed by atoms with van der Waals surface area (Å²) in [7, 11) is 0. The molecule has 0 amide bonds. The zero-order chi connectivity index (χ0) is 17.8. The molecule has 0 saturated carbocycles. The summed E-state index contributed by atoms with van der Waals surface area (Å²) in [5.74, 6) is 0.860. The van der Waals surface area contributed by atoms with Crippen LogP contribution in [0.2, 0.25) is 5.02 Å². The summed E-state index contributed by atoms with van der Waals surface area (Å²) in [6, 6.07) is 16.3. The third-order valence-corrected chi connectivity index (χ3v) is 4.73. The second kappa shape index (κ2) is 7.95. The first-order chi connectivity index (χ1) is 12.1. The summed E-state index contributed by atoms with van der Waals surface area (Å²) >= 11 is 7.46. The number of nitrogens with two attached hydrogens (primary N) is 1. The highest BCUT2D eigenvalue weighted by Gasteiger charge is 2.08. The monoisotopic (exact) mass is 372 g/mol. The van der Waals surface area contributed by atoms with E-state index in [4.69, 9.17) is 21.7 Å². The Morgan fingerprint density at radius 1 is 1.16 bits per heavy atom. The molecule has 0 spiro atoms. The Morgan fingerprint density at radius 3 is 2.68 bits per heavy atom. The van der Waals surface area contributed by atoms with Gasteiger partial charge in [-0.25, -0.2) is 4.98 Å². The van der Waals surface area contributed by atoms with E-state index in [0.29, 0.717) is 12.6 Å². The van der Waals surface area contributed by atoms with Crippen LogP contribution in [0.3, 0.4) is 0 Å². The maximum Gasteiger partial charge on any atom is 0.126 e. The van der Waals surface area contributed by atoms with Crippen LogP contribution in [0.1, 0.15) is 19.4 Å². The normalized spacial score (nSPS) is 11.1. The van der Waals surface area contributed by atoms with Gasteiger partial charge in [0.15, 0.2) is 0 Å². The first-order valence-electron chi connectivity index (χ1n) is 8.12. The topological polar surface area (TPSA) is 63.0 Å². The second-order valence-electron chi connectivity index (χ2n) is 6.10. The number of rotatable bonds is 6. The Bertz CT molecular complexity index is 882. The van der Waals surface area contributed by atoms with Crippen molar-refractivity contribution >= 4 is 46.0 Å². The molecule has 3 aromatic rings. The van der Waals surface area contributed by atoms with E-state index in [1.165, 1.54) is 11.9 Å². The molecule has 0 unspecified atom stereocenters. The lowest BCUT2D eigenvalue weighted by molar-refractivity contribution is 0.891. The van der Waals surface area contributed by atoms with Crippen molar-refractivity contribution in [3.8, 4) is 0 Å². The number of hydrogen-bond acceptors (Lipinski definition) is 5. The van der Waals surface area contributed by atoms with Gasteiger partial charge in [0.05, 0.1) is 5.52 Å². The molecular formula is C19H21ClN4S. The van der Waals surface area contributed by atoms with E-state index in [0.717, 1.165) is 37.9 Å². The van der Waals surface area contributed by atoms with Crippen LogP contribution in [0.4, 0.5) is 11.5 Å². The lowest BCUT2D eigenvalue weighted by Gasteiger charge is -2.13. The van der Waals surface area contributed by atoms with E-state index in [1.807, 2.05) is 42.5 Å². The number of benzene rings is 2. The van der Waals surface area contributed by atoms with Gasteiger partial charge in [0.25, 0.3) is 0 Å². The molecule has 1 aromatic heterocycles. The molecule has 0 radical (unpaired) electrons. The Labute approximate surface area is 157 Å². The van der Waals surface area contributed by atoms with Gasteiger partial charge < -0.3 is 10.6 Å². The molecule has 0 aliphatic heterocycles. The van der Waals surface area contributed by atoms with E-state index >= 15 is 0 Å². The minimum atomic E-state index is 0.329. The Hall–Kier alpha value is -1.95. The largest absolute Gasteiger partial charge is 0.381 e. The zero-order valence-electron chi connectivity index (χ0n) is 14.2. The first-order valence-corrected chi connectivity index (χ1v) is 9.38. The highest BCUT2D eigenvalue weighted by Crippen LogP contribution is 2.30.